The van der Waals surface area contributed by atoms with E-state index in [1.165, 1.54) is 7.11 Å². The molecule has 104 valence electrons. The lowest BCUT2D eigenvalue weighted by Crippen LogP contribution is -2.31. The number of carbonyl (C=O) groups is 2. The zero-order valence-electron chi connectivity index (χ0n) is 11.4. The number of benzene rings is 1. The molecule has 0 radical (unpaired) electrons. The lowest BCUT2D eigenvalue weighted by molar-refractivity contribution is -0.140. The topological polar surface area (TPSA) is 78.6 Å². The first-order valence-electron chi connectivity index (χ1n) is 6.00. The molecule has 2 N–H and O–H groups in total. The average molecular weight is 265 g/mol. The molecule has 0 heterocycles. The Balaban J connectivity index is 2.71. The lowest BCUT2D eigenvalue weighted by atomic mass is 9.99. The first-order valence-corrected chi connectivity index (χ1v) is 6.00. The number of aryl methyl sites for hydroxylation is 1. The molecule has 1 atom stereocenters. The van der Waals surface area contributed by atoms with Gasteiger partial charge in [-0.05, 0) is 37.1 Å². The van der Waals surface area contributed by atoms with Gasteiger partial charge in [0.2, 0.25) is 0 Å². The van der Waals surface area contributed by atoms with Crippen LogP contribution in [0.4, 0.5) is 0 Å². The fourth-order valence-electron chi connectivity index (χ4n) is 1.75. The van der Waals surface area contributed by atoms with Crippen molar-refractivity contribution in [1.29, 1.82) is 0 Å². The molecule has 19 heavy (non-hydrogen) atoms. The van der Waals surface area contributed by atoms with Crippen molar-refractivity contribution >= 4 is 11.8 Å². The van der Waals surface area contributed by atoms with Crippen LogP contribution in [0.2, 0.25) is 0 Å². The highest BCUT2D eigenvalue weighted by atomic mass is 16.5. The minimum Gasteiger partial charge on any atom is -0.496 e. The Morgan fingerprint density at radius 2 is 2.00 bits per heavy atom. The van der Waals surface area contributed by atoms with Gasteiger partial charge in [0.25, 0.3) is 0 Å². The minimum absolute atomic E-state index is 0.137. The number of Topliss-reactive ketones (excluding diaryl/α,β-unsaturated/α-hetero) is 1. The molecule has 0 saturated heterocycles. The Morgan fingerprint density at radius 1 is 1.32 bits per heavy atom. The van der Waals surface area contributed by atoms with Gasteiger partial charge in [-0.3, -0.25) is 9.59 Å². The van der Waals surface area contributed by atoms with Crippen molar-refractivity contribution in [3.8, 4) is 5.75 Å². The van der Waals surface area contributed by atoms with Crippen molar-refractivity contribution in [2.45, 2.75) is 25.8 Å². The molecular formula is C14H19NO4. The zero-order chi connectivity index (χ0) is 14.4. The third-order valence-electron chi connectivity index (χ3n) is 2.90. The quantitative estimate of drug-likeness (QED) is 0.622. The molecule has 0 bridgehead atoms. The average Bonchev–Trinajstić information content (AvgIpc) is 2.43. The van der Waals surface area contributed by atoms with Gasteiger partial charge in [0.1, 0.15) is 5.75 Å². The molecule has 0 aliphatic rings. The van der Waals surface area contributed by atoms with Gasteiger partial charge in [-0.2, -0.15) is 0 Å². The van der Waals surface area contributed by atoms with Crippen LogP contribution < -0.4 is 10.5 Å². The van der Waals surface area contributed by atoms with Crippen LogP contribution in [0.1, 0.15) is 28.8 Å². The van der Waals surface area contributed by atoms with Crippen LogP contribution >= 0.6 is 0 Å². The molecule has 1 unspecified atom stereocenters. The zero-order valence-corrected chi connectivity index (χ0v) is 11.4. The maximum atomic E-state index is 12.1. The highest BCUT2D eigenvalue weighted by Gasteiger charge is 2.18. The third-order valence-corrected chi connectivity index (χ3v) is 2.90. The predicted molar refractivity (Wildman–Crippen MR) is 71.3 cm³/mol. The molecule has 0 saturated carbocycles. The largest absolute Gasteiger partial charge is 0.496 e. The maximum absolute atomic E-state index is 12.1. The summed E-state index contributed by atoms with van der Waals surface area (Å²) < 4.78 is 9.64. The van der Waals surface area contributed by atoms with Crippen molar-refractivity contribution in [1.82, 2.24) is 0 Å². The first-order chi connectivity index (χ1) is 8.99. The number of hydrogen-bond acceptors (Lipinski definition) is 5. The summed E-state index contributed by atoms with van der Waals surface area (Å²) in [6.07, 6.45) is 0.412. The van der Waals surface area contributed by atoms with E-state index >= 15 is 0 Å². The van der Waals surface area contributed by atoms with Gasteiger partial charge in [-0.15, -0.1) is 0 Å². The summed E-state index contributed by atoms with van der Waals surface area (Å²) >= 11 is 0. The third kappa shape index (κ3) is 4.06. The summed E-state index contributed by atoms with van der Waals surface area (Å²) in [5.74, 6) is 0.170. The smallest absolute Gasteiger partial charge is 0.305 e. The SMILES string of the molecule is COC(=O)CCC(N)C(=O)c1ccc(OC)c(C)c1. The van der Waals surface area contributed by atoms with Crippen molar-refractivity contribution < 1.29 is 19.1 Å². The molecular weight excluding hydrogens is 246 g/mol. The van der Waals surface area contributed by atoms with E-state index in [1.807, 2.05) is 6.92 Å². The minimum atomic E-state index is -0.702. The normalized spacial score (nSPS) is 11.8. The summed E-state index contributed by atoms with van der Waals surface area (Å²) in [7, 11) is 2.88. The molecule has 1 aromatic rings. The number of methoxy groups -OCH3 is 2. The summed E-state index contributed by atoms with van der Waals surface area (Å²) in [5.41, 5.74) is 7.18. The second kappa shape index (κ2) is 6.89. The number of hydrogen-bond donors (Lipinski definition) is 1. The number of ketones is 1. The second-order valence-electron chi connectivity index (χ2n) is 4.27. The fraction of sp³-hybridized carbons (Fsp3) is 0.429. The lowest BCUT2D eigenvalue weighted by Gasteiger charge is -2.11. The van der Waals surface area contributed by atoms with Crippen LogP contribution in [0.3, 0.4) is 0 Å². The highest BCUT2D eigenvalue weighted by Crippen LogP contribution is 2.19. The Kier molecular flexibility index (Phi) is 5.51. The fourth-order valence-corrected chi connectivity index (χ4v) is 1.75. The van der Waals surface area contributed by atoms with Gasteiger partial charge in [-0.25, -0.2) is 0 Å². The molecule has 0 fully saturated rings. The van der Waals surface area contributed by atoms with E-state index in [2.05, 4.69) is 4.74 Å². The molecule has 1 rings (SSSR count). The molecule has 0 aromatic heterocycles. The molecule has 0 aliphatic carbocycles. The van der Waals surface area contributed by atoms with Gasteiger partial charge < -0.3 is 15.2 Å². The number of ether oxygens (including phenoxy) is 2. The molecule has 5 nitrogen and oxygen atoms in total. The van der Waals surface area contributed by atoms with Gasteiger partial charge in [0.15, 0.2) is 5.78 Å². The Hall–Kier alpha value is -1.88. The van der Waals surface area contributed by atoms with Crippen LogP contribution in [-0.4, -0.2) is 32.0 Å². The van der Waals surface area contributed by atoms with Gasteiger partial charge in [-0.1, -0.05) is 0 Å². The summed E-state index contributed by atoms with van der Waals surface area (Å²) in [6.45, 7) is 1.86. The first kappa shape index (κ1) is 15.2. The Labute approximate surface area is 112 Å². The summed E-state index contributed by atoms with van der Waals surface area (Å²) in [5, 5.41) is 0. The summed E-state index contributed by atoms with van der Waals surface area (Å²) in [4.78, 5) is 23.1. The molecule has 1 aromatic carbocycles. The Morgan fingerprint density at radius 3 is 2.53 bits per heavy atom. The maximum Gasteiger partial charge on any atom is 0.305 e. The molecule has 0 amide bonds. The van der Waals surface area contributed by atoms with E-state index in [9.17, 15) is 9.59 Å². The van der Waals surface area contributed by atoms with Crippen molar-refractivity contribution in [2.75, 3.05) is 14.2 Å². The van der Waals surface area contributed by atoms with E-state index < -0.39 is 6.04 Å². The van der Waals surface area contributed by atoms with Gasteiger partial charge in [0.05, 0.1) is 20.3 Å². The summed E-state index contributed by atoms with van der Waals surface area (Å²) in [6, 6.07) is 4.44. The second-order valence-corrected chi connectivity index (χ2v) is 4.27. The van der Waals surface area contributed by atoms with E-state index in [0.717, 1.165) is 11.3 Å². The van der Waals surface area contributed by atoms with Gasteiger partial charge in [0, 0.05) is 12.0 Å². The van der Waals surface area contributed by atoms with E-state index in [1.54, 1.807) is 25.3 Å². The highest BCUT2D eigenvalue weighted by molar-refractivity contribution is 6.00. The van der Waals surface area contributed by atoms with Crippen molar-refractivity contribution in [2.24, 2.45) is 5.73 Å². The Bertz CT molecular complexity index is 471. The van der Waals surface area contributed by atoms with Crippen LogP contribution in [0.25, 0.3) is 0 Å². The van der Waals surface area contributed by atoms with E-state index in [4.69, 9.17) is 10.5 Å². The van der Waals surface area contributed by atoms with Crippen LogP contribution in [0.5, 0.6) is 5.75 Å². The molecule has 0 aliphatic heterocycles. The number of nitrogens with two attached hydrogens (primary N) is 1. The van der Waals surface area contributed by atoms with Crippen molar-refractivity contribution in [3.05, 3.63) is 29.3 Å². The predicted octanol–water partition coefficient (Wildman–Crippen LogP) is 1.47. The van der Waals surface area contributed by atoms with E-state index in [-0.39, 0.29) is 24.6 Å². The van der Waals surface area contributed by atoms with Crippen LogP contribution in [-0.2, 0) is 9.53 Å². The van der Waals surface area contributed by atoms with Crippen molar-refractivity contribution in [3.63, 3.8) is 0 Å². The van der Waals surface area contributed by atoms with Gasteiger partial charge >= 0.3 is 5.97 Å². The number of esters is 1. The monoisotopic (exact) mass is 265 g/mol. The number of carbonyl (C=O) groups excluding carboxylic acids is 2. The molecule has 5 heteroatoms. The number of rotatable bonds is 6. The van der Waals surface area contributed by atoms with Crippen LogP contribution in [0.15, 0.2) is 18.2 Å². The standard InChI is InChI=1S/C14H19NO4/c1-9-8-10(4-6-12(9)18-2)14(17)11(15)5-7-13(16)19-3/h4,6,8,11H,5,7,15H2,1-3H3. The van der Waals surface area contributed by atoms with E-state index in [0.29, 0.717) is 5.56 Å². The van der Waals surface area contributed by atoms with Crippen LogP contribution in [0, 0.1) is 6.92 Å². The molecule has 0 spiro atoms.